The molecule has 0 aromatic heterocycles. The molecule has 1 fully saturated rings. The molecule has 1 atom stereocenters. The summed E-state index contributed by atoms with van der Waals surface area (Å²) >= 11 is 0. The largest absolute Gasteiger partial charge is 0.491 e. The molecule has 1 aliphatic rings. The second-order valence-electron chi connectivity index (χ2n) is 5.43. The minimum absolute atomic E-state index is 0.169. The molecule has 5 heteroatoms. The number of hydrogen-bond donors (Lipinski definition) is 1. The van der Waals surface area contributed by atoms with Crippen molar-refractivity contribution >= 4 is 11.6 Å². The molecule has 0 aliphatic carbocycles. The molecule has 0 saturated carbocycles. The molecule has 3 rings (SSSR count). The van der Waals surface area contributed by atoms with Gasteiger partial charge in [0.1, 0.15) is 18.2 Å². The summed E-state index contributed by atoms with van der Waals surface area (Å²) in [5, 5.41) is 2.72. The van der Waals surface area contributed by atoms with Crippen molar-refractivity contribution in [2.24, 2.45) is 0 Å². The van der Waals surface area contributed by atoms with Gasteiger partial charge in [-0.2, -0.15) is 0 Å². The molecule has 1 heterocycles. The first-order valence-corrected chi connectivity index (χ1v) is 7.62. The Morgan fingerprint density at radius 1 is 1.26 bits per heavy atom. The number of halogens is 1. The van der Waals surface area contributed by atoms with Crippen LogP contribution in [-0.2, 0) is 4.74 Å². The van der Waals surface area contributed by atoms with Crippen LogP contribution in [0.5, 0.6) is 5.75 Å². The van der Waals surface area contributed by atoms with Crippen LogP contribution in [0.4, 0.5) is 10.1 Å². The van der Waals surface area contributed by atoms with E-state index in [1.54, 1.807) is 30.3 Å². The highest BCUT2D eigenvalue weighted by Gasteiger charge is 2.16. The van der Waals surface area contributed by atoms with Gasteiger partial charge in [0.25, 0.3) is 5.91 Å². The molecular formula is C18H18FNO3. The van der Waals surface area contributed by atoms with Gasteiger partial charge in [0.05, 0.1) is 6.10 Å². The molecule has 2 aromatic carbocycles. The van der Waals surface area contributed by atoms with Gasteiger partial charge in [0.15, 0.2) is 0 Å². The molecule has 1 saturated heterocycles. The van der Waals surface area contributed by atoms with Gasteiger partial charge in [-0.15, -0.1) is 0 Å². The number of ether oxygens (including phenoxy) is 2. The van der Waals surface area contributed by atoms with E-state index in [-0.39, 0.29) is 17.6 Å². The monoisotopic (exact) mass is 315 g/mol. The SMILES string of the molecule is O=C(Nc1ccc(OC[C@@H]2CCCO2)cc1)c1cccc(F)c1. The van der Waals surface area contributed by atoms with Gasteiger partial charge >= 0.3 is 0 Å². The van der Waals surface area contributed by atoms with Crippen molar-refractivity contribution in [1.29, 1.82) is 0 Å². The maximum absolute atomic E-state index is 13.1. The molecule has 120 valence electrons. The zero-order valence-corrected chi connectivity index (χ0v) is 12.6. The predicted octanol–water partition coefficient (Wildman–Crippen LogP) is 3.64. The van der Waals surface area contributed by atoms with Crippen molar-refractivity contribution in [3.05, 3.63) is 59.9 Å². The van der Waals surface area contributed by atoms with Crippen LogP contribution in [0, 0.1) is 5.82 Å². The van der Waals surface area contributed by atoms with Crippen LogP contribution in [0.25, 0.3) is 0 Å². The fourth-order valence-electron chi connectivity index (χ4n) is 2.43. The molecule has 1 N–H and O–H groups in total. The lowest BCUT2D eigenvalue weighted by molar-refractivity contribution is 0.0679. The molecule has 1 amide bonds. The number of rotatable bonds is 5. The minimum atomic E-state index is -0.435. The molecule has 2 aromatic rings. The zero-order chi connectivity index (χ0) is 16.1. The first-order chi connectivity index (χ1) is 11.2. The van der Waals surface area contributed by atoms with E-state index in [0.29, 0.717) is 12.3 Å². The van der Waals surface area contributed by atoms with Gasteiger partial charge in [-0.1, -0.05) is 6.07 Å². The number of nitrogens with one attached hydrogen (secondary N) is 1. The van der Waals surface area contributed by atoms with E-state index in [1.165, 1.54) is 18.2 Å². The minimum Gasteiger partial charge on any atom is -0.491 e. The van der Waals surface area contributed by atoms with Gasteiger partial charge in [0.2, 0.25) is 0 Å². The molecular weight excluding hydrogens is 297 g/mol. The Balaban J connectivity index is 1.55. The third-order valence-corrected chi connectivity index (χ3v) is 3.66. The van der Waals surface area contributed by atoms with Gasteiger partial charge in [-0.3, -0.25) is 4.79 Å². The molecule has 4 nitrogen and oxygen atoms in total. The van der Waals surface area contributed by atoms with E-state index >= 15 is 0 Å². The lowest BCUT2D eigenvalue weighted by Gasteiger charge is -2.12. The normalized spacial score (nSPS) is 17.0. The third kappa shape index (κ3) is 4.29. The predicted molar refractivity (Wildman–Crippen MR) is 85.3 cm³/mol. The Morgan fingerprint density at radius 2 is 2.09 bits per heavy atom. The second-order valence-corrected chi connectivity index (χ2v) is 5.43. The maximum atomic E-state index is 13.1. The topological polar surface area (TPSA) is 47.6 Å². The van der Waals surface area contributed by atoms with Crippen LogP contribution in [-0.4, -0.2) is 25.2 Å². The Morgan fingerprint density at radius 3 is 2.78 bits per heavy atom. The van der Waals surface area contributed by atoms with Crippen LogP contribution in [0.2, 0.25) is 0 Å². The van der Waals surface area contributed by atoms with Crippen LogP contribution in [0.15, 0.2) is 48.5 Å². The number of carbonyl (C=O) groups is 1. The summed E-state index contributed by atoms with van der Waals surface area (Å²) in [6.45, 7) is 1.34. The lowest BCUT2D eigenvalue weighted by atomic mass is 10.2. The van der Waals surface area contributed by atoms with E-state index in [1.807, 2.05) is 0 Å². The van der Waals surface area contributed by atoms with Gasteiger partial charge < -0.3 is 14.8 Å². The number of hydrogen-bond acceptors (Lipinski definition) is 3. The summed E-state index contributed by atoms with van der Waals surface area (Å²) < 4.78 is 24.3. The number of anilines is 1. The summed E-state index contributed by atoms with van der Waals surface area (Å²) in [6, 6.07) is 12.7. The first kappa shape index (κ1) is 15.5. The van der Waals surface area contributed by atoms with Gasteiger partial charge in [-0.25, -0.2) is 4.39 Å². The van der Waals surface area contributed by atoms with Crippen LogP contribution < -0.4 is 10.1 Å². The first-order valence-electron chi connectivity index (χ1n) is 7.62. The Labute approximate surface area is 134 Å². The third-order valence-electron chi connectivity index (χ3n) is 3.66. The average molecular weight is 315 g/mol. The molecule has 0 unspecified atom stereocenters. The second kappa shape index (κ2) is 7.24. The van der Waals surface area contributed by atoms with Crippen molar-refractivity contribution in [2.75, 3.05) is 18.5 Å². The molecule has 23 heavy (non-hydrogen) atoms. The van der Waals surface area contributed by atoms with Crippen molar-refractivity contribution < 1.29 is 18.7 Å². The fraction of sp³-hybridized carbons (Fsp3) is 0.278. The summed E-state index contributed by atoms with van der Waals surface area (Å²) in [4.78, 5) is 12.0. The summed E-state index contributed by atoms with van der Waals surface area (Å²) in [7, 11) is 0. The quantitative estimate of drug-likeness (QED) is 0.916. The molecule has 0 bridgehead atoms. The van der Waals surface area contributed by atoms with Crippen molar-refractivity contribution in [3.63, 3.8) is 0 Å². The van der Waals surface area contributed by atoms with Crippen molar-refractivity contribution in [2.45, 2.75) is 18.9 Å². The molecule has 1 aliphatic heterocycles. The number of benzene rings is 2. The summed E-state index contributed by atoms with van der Waals surface area (Å²) in [6.07, 6.45) is 2.28. The van der Waals surface area contributed by atoms with Crippen LogP contribution >= 0.6 is 0 Å². The fourth-order valence-corrected chi connectivity index (χ4v) is 2.43. The molecule has 0 radical (unpaired) electrons. The van der Waals surface area contributed by atoms with Gasteiger partial charge in [0, 0.05) is 17.9 Å². The van der Waals surface area contributed by atoms with E-state index in [0.717, 1.165) is 25.2 Å². The average Bonchev–Trinajstić information content (AvgIpc) is 3.08. The lowest BCUT2D eigenvalue weighted by Crippen LogP contribution is -2.16. The highest BCUT2D eigenvalue weighted by atomic mass is 19.1. The number of carbonyl (C=O) groups excluding carboxylic acids is 1. The van der Waals surface area contributed by atoms with Crippen molar-refractivity contribution in [3.8, 4) is 5.75 Å². The Hall–Kier alpha value is -2.40. The van der Waals surface area contributed by atoms with E-state index in [2.05, 4.69) is 5.32 Å². The number of amides is 1. The highest BCUT2D eigenvalue weighted by Crippen LogP contribution is 2.19. The van der Waals surface area contributed by atoms with E-state index in [4.69, 9.17) is 9.47 Å². The summed E-state index contributed by atoms with van der Waals surface area (Å²) in [5.41, 5.74) is 0.910. The standard InChI is InChI=1S/C18H18FNO3/c19-14-4-1-3-13(11-14)18(21)20-15-6-8-16(9-7-15)23-12-17-5-2-10-22-17/h1,3-4,6-9,11,17H,2,5,10,12H2,(H,20,21)/t17-/m0/s1. The summed E-state index contributed by atoms with van der Waals surface area (Å²) in [5.74, 6) is -0.0580. The van der Waals surface area contributed by atoms with Crippen LogP contribution in [0.1, 0.15) is 23.2 Å². The van der Waals surface area contributed by atoms with Crippen molar-refractivity contribution in [1.82, 2.24) is 0 Å². The Kier molecular flexibility index (Phi) is 4.88. The van der Waals surface area contributed by atoms with E-state index in [9.17, 15) is 9.18 Å². The van der Waals surface area contributed by atoms with E-state index < -0.39 is 5.82 Å². The highest BCUT2D eigenvalue weighted by molar-refractivity contribution is 6.04. The maximum Gasteiger partial charge on any atom is 0.255 e. The molecule has 0 spiro atoms. The van der Waals surface area contributed by atoms with Gasteiger partial charge in [-0.05, 0) is 55.3 Å². The van der Waals surface area contributed by atoms with Crippen LogP contribution in [0.3, 0.4) is 0 Å². The smallest absolute Gasteiger partial charge is 0.255 e. The zero-order valence-electron chi connectivity index (χ0n) is 12.6. The Bertz CT molecular complexity index is 666.